The largest absolute Gasteiger partial charge is 0.480 e. The van der Waals surface area contributed by atoms with Crippen molar-refractivity contribution in [1.29, 1.82) is 0 Å². The van der Waals surface area contributed by atoms with E-state index in [1.807, 2.05) is 5.01 Å². The fraction of sp³-hybridized carbons (Fsp3) is 0.778. The first-order valence-electron chi connectivity index (χ1n) is 4.97. The van der Waals surface area contributed by atoms with E-state index in [0.717, 1.165) is 25.8 Å². The lowest BCUT2D eigenvalue weighted by molar-refractivity contribution is -0.165. The van der Waals surface area contributed by atoms with Crippen molar-refractivity contribution < 1.29 is 14.7 Å². The molecule has 14 heavy (non-hydrogen) atoms. The molecule has 1 aliphatic heterocycles. The summed E-state index contributed by atoms with van der Waals surface area (Å²) in [5, 5.41) is 12.0. The van der Waals surface area contributed by atoms with Crippen molar-refractivity contribution in [2.75, 3.05) is 13.1 Å². The Bertz CT molecular complexity index is 263. The molecule has 1 aliphatic carbocycles. The topological polar surface area (TPSA) is 60.9 Å². The van der Waals surface area contributed by atoms with Crippen molar-refractivity contribution in [3.05, 3.63) is 0 Å². The van der Waals surface area contributed by atoms with E-state index in [-0.39, 0.29) is 12.5 Å². The van der Waals surface area contributed by atoms with E-state index in [0.29, 0.717) is 12.5 Å². The van der Waals surface area contributed by atoms with Gasteiger partial charge in [-0.15, -0.1) is 0 Å². The van der Waals surface area contributed by atoms with Gasteiger partial charge in [-0.1, -0.05) is 0 Å². The lowest BCUT2D eigenvalue weighted by Crippen LogP contribution is -2.53. The van der Waals surface area contributed by atoms with Crippen LogP contribution in [0.4, 0.5) is 0 Å². The zero-order chi connectivity index (χ0) is 10.1. The highest BCUT2D eigenvalue weighted by Crippen LogP contribution is 2.30. The van der Waals surface area contributed by atoms with Gasteiger partial charge in [-0.05, 0) is 19.3 Å². The molecule has 2 aliphatic rings. The second-order valence-corrected chi connectivity index (χ2v) is 3.84. The normalized spacial score (nSPS) is 24.0. The van der Waals surface area contributed by atoms with Crippen LogP contribution >= 0.6 is 0 Å². The molecule has 5 nitrogen and oxygen atoms in total. The first-order valence-corrected chi connectivity index (χ1v) is 4.97. The number of hydrogen-bond acceptors (Lipinski definition) is 3. The molecule has 1 heterocycles. The molecule has 0 unspecified atom stereocenters. The number of carbonyl (C=O) groups excluding carboxylic acids is 1. The fourth-order valence-corrected chi connectivity index (χ4v) is 1.84. The summed E-state index contributed by atoms with van der Waals surface area (Å²) in [4.78, 5) is 22.1. The van der Waals surface area contributed by atoms with Crippen molar-refractivity contribution in [3.8, 4) is 0 Å². The molecule has 0 aromatic rings. The monoisotopic (exact) mass is 198 g/mol. The van der Waals surface area contributed by atoms with E-state index in [1.54, 1.807) is 0 Å². The van der Waals surface area contributed by atoms with E-state index in [2.05, 4.69) is 0 Å². The Balaban J connectivity index is 2.04. The van der Waals surface area contributed by atoms with Crippen LogP contribution in [0, 0.1) is 0 Å². The van der Waals surface area contributed by atoms with E-state index in [9.17, 15) is 9.59 Å². The van der Waals surface area contributed by atoms with Gasteiger partial charge in [0, 0.05) is 19.0 Å². The van der Waals surface area contributed by atoms with Crippen molar-refractivity contribution in [3.63, 3.8) is 0 Å². The van der Waals surface area contributed by atoms with Crippen LogP contribution < -0.4 is 0 Å². The van der Waals surface area contributed by atoms with Crippen LogP contribution in [0.25, 0.3) is 0 Å². The molecule has 0 aromatic carbocycles. The first-order chi connectivity index (χ1) is 6.68. The van der Waals surface area contributed by atoms with Crippen LogP contribution in [0.3, 0.4) is 0 Å². The van der Waals surface area contributed by atoms with Gasteiger partial charge in [0.1, 0.15) is 6.54 Å². The maximum absolute atomic E-state index is 11.5. The molecule has 0 atom stereocenters. The summed E-state index contributed by atoms with van der Waals surface area (Å²) in [5.41, 5.74) is 0. The second-order valence-electron chi connectivity index (χ2n) is 3.84. The predicted molar refractivity (Wildman–Crippen MR) is 48.3 cm³/mol. The van der Waals surface area contributed by atoms with Gasteiger partial charge in [-0.25, -0.2) is 5.01 Å². The third-order valence-corrected chi connectivity index (χ3v) is 2.63. The molecule has 5 heteroatoms. The SMILES string of the molecule is O=C(O)CN1C(=O)CCCN1C1CC1. The number of aliphatic carboxylic acids is 1. The van der Waals surface area contributed by atoms with Crippen LogP contribution in [0.15, 0.2) is 0 Å². The Morgan fingerprint density at radius 2 is 2.21 bits per heavy atom. The quantitative estimate of drug-likeness (QED) is 0.697. The highest BCUT2D eigenvalue weighted by Gasteiger charge is 2.37. The van der Waals surface area contributed by atoms with Crippen LogP contribution in [0.5, 0.6) is 0 Å². The van der Waals surface area contributed by atoms with E-state index >= 15 is 0 Å². The van der Waals surface area contributed by atoms with E-state index in [4.69, 9.17) is 5.11 Å². The molecule has 0 radical (unpaired) electrons. The second kappa shape index (κ2) is 3.57. The summed E-state index contributed by atoms with van der Waals surface area (Å²) in [6, 6.07) is 0.415. The summed E-state index contributed by atoms with van der Waals surface area (Å²) in [6.07, 6.45) is 3.51. The summed E-state index contributed by atoms with van der Waals surface area (Å²) < 4.78 is 0. The average molecular weight is 198 g/mol. The van der Waals surface area contributed by atoms with Gasteiger partial charge in [-0.3, -0.25) is 14.6 Å². The molecule has 1 saturated heterocycles. The zero-order valence-corrected chi connectivity index (χ0v) is 7.98. The first kappa shape index (κ1) is 9.45. The highest BCUT2D eigenvalue weighted by molar-refractivity contribution is 5.81. The lowest BCUT2D eigenvalue weighted by Gasteiger charge is -2.37. The maximum atomic E-state index is 11.5. The Kier molecular flexibility index (Phi) is 2.41. The van der Waals surface area contributed by atoms with Crippen molar-refractivity contribution >= 4 is 11.9 Å². The minimum Gasteiger partial charge on any atom is -0.480 e. The predicted octanol–water partition coefficient (Wildman–Crippen LogP) is 0.0728. The van der Waals surface area contributed by atoms with Gasteiger partial charge in [0.15, 0.2) is 0 Å². The number of hydrogen-bond donors (Lipinski definition) is 1. The lowest BCUT2D eigenvalue weighted by atomic mass is 10.2. The number of nitrogens with zero attached hydrogens (tertiary/aromatic N) is 2. The molecule has 0 aromatic heterocycles. The standard InChI is InChI=1S/C9H14N2O3/c12-8-2-1-5-10(7-3-4-7)11(8)6-9(13)14/h7H,1-6H2,(H,13,14). The molecular weight excluding hydrogens is 184 g/mol. The Labute approximate surface area is 82.3 Å². The number of hydrazine groups is 1. The molecule has 1 amide bonds. The Hall–Kier alpha value is -1.10. The molecule has 1 N–H and O–H groups in total. The number of carboxylic acid groups (broad SMARTS) is 1. The molecule has 2 fully saturated rings. The smallest absolute Gasteiger partial charge is 0.324 e. The van der Waals surface area contributed by atoms with Gasteiger partial charge in [0.25, 0.3) is 0 Å². The summed E-state index contributed by atoms with van der Waals surface area (Å²) >= 11 is 0. The molecule has 78 valence electrons. The molecular formula is C9H14N2O3. The van der Waals surface area contributed by atoms with Gasteiger partial charge in [0.05, 0.1) is 0 Å². The van der Waals surface area contributed by atoms with Gasteiger partial charge < -0.3 is 5.11 Å². The van der Waals surface area contributed by atoms with Crippen molar-refractivity contribution in [1.82, 2.24) is 10.0 Å². The van der Waals surface area contributed by atoms with Crippen molar-refractivity contribution in [2.24, 2.45) is 0 Å². The van der Waals surface area contributed by atoms with E-state index < -0.39 is 5.97 Å². The van der Waals surface area contributed by atoms with E-state index in [1.165, 1.54) is 5.01 Å². The van der Waals surface area contributed by atoms with Crippen LogP contribution in [0.2, 0.25) is 0 Å². The fourth-order valence-electron chi connectivity index (χ4n) is 1.84. The van der Waals surface area contributed by atoms with Gasteiger partial charge in [0.2, 0.25) is 5.91 Å². The number of carboxylic acids is 1. The van der Waals surface area contributed by atoms with Crippen LogP contribution in [0.1, 0.15) is 25.7 Å². The summed E-state index contributed by atoms with van der Waals surface area (Å²) in [7, 11) is 0. The number of carbonyl (C=O) groups is 2. The average Bonchev–Trinajstić information content (AvgIpc) is 2.90. The number of rotatable bonds is 3. The molecule has 0 spiro atoms. The molecule has 1 saturated carbocycles. The zero-order valence-electron chi connectivity index (χ0n) is 7.98. The minimum absolute atomic E-state index is 0.0504. The summed E-state index contributed by atoms with van der Waals surface area (Å²) in [5.74, 6) is -0.989. The third-order valence-electron chi connectivity index (χ3n) is 2.63. The Morgan fingerprint density at radius 1 is 1.50 bits per heavy atom. The number of amides is 1. The van der Waals surface area contributed by atoms with Gasteiger partial charge >= 0.3 is 5.97 Å². The molecule has 0 bridgehead atoms. The molecule has 2 rings (SSSR count). The third kappa shape index (κ3) is 1.87. The highest BCUT2D eigenvalue weighted by atomic mass is 16.4. The maximum Gasteiger partial charge on any atom is 0.324 e. The van der Waals surface area contributed by atoms with Crippen molar-refractivity contribution in [2.45, 2.75) is 31.7 Å². The van der Waals surface area contributed by atoms with Crippen LogP contribution in [-0.2, 0) is 9.59 Å². The van der Waals surface area contributed by atoms with Gasteiger partial charge in [-0.2, -0.15) is 0 Å². The van der Waals surface area contributed by atoms with Crippen LogP contribution in [-0.4, -0.2) is 46.1 Å². The summed E-state index contributed by atoms with van der Waals surface area (Å²) in [6.45, 7) is 0.638. The Morgan fingerprint density at radius 3 is 2.79 bits per heavy atom. The minimum atomic E-state index is -0.939.